The molecular weight excluding hydrogens is 238 g/mol. The first-order chi connectivity index (χ1) is 8.56. The van der Waals surface area contributed by atoms with Crippen LogP contribution >= 0.6 is 0 Å². The highest BCUT2D eigenvalue weighted by atomic mass is 16.5. The summed E-state index contributed by atoms with van der Waals surface area (Å²) in [6.07, 6.45) is 0.499. The number of amides is 1. The molecule has 6 heteroatoms. The molecule has 0 aliphatic carbocycles. The summed E-state index contributed by atoms with van der Waals surface area (Å²) in [5.41, 5.74) is -1.14. The van der Waals surface area contributed by atoms with Gasteiger partial charge in [-0.3, -0.25) is 4.79 Å². The largest absolute Gasteiger partial charge is 0.508 e. The normalized spacial score (nSPS) is 20.9. The van der Waals surface area contributed by atoms with E-state index in [1.807, 2.05) is 0 Å². The van der Waals surface area contributed by atoms with Gasteiger partial charge in [-0.25, -0.2) is 4.79 Å². The molecule has 0 bridgehead atoms. The van der Waals surface area contributed by atoms with Gasteiger partial charge in [-0.1, -0.05) is 0 Å². The third-order valence-corrected chi connectivity index (χ3v) is 3.16. The van der Waals surface area contributed by atoms with Gasteiger partial charge in [0.05, 0.1) is 0 Å². The van der Waals surface area contributed by atoms with E-state index in [4.69, 9.17) is 4.74 Å². The number of nitrogens with zero attached hydrogens (tertiary/aromatic N) is 1. The number of ether oxygens (including phenoxy) is 1. The minimum Gasteiger partial charge on any atom is -0.508 e. The van der Waals surface area contributed by atoms with Crippen LogP contribution in [0.1, 0.15) is 12.5 Å². The predicted molar refractivity (Wildman–Crippen MR) is 61.4 cm³/mol. The van der Waals surface area contributed by atoms with Gasteiger partial charge in [-0.15, -0.1) is 0 Å². The Labute approximate surface area is 103 Å². The Morgan fingerprint density at radius 3 is 2.89 bits per heavy atom. The Hall–Kier alpha value is -2.24. The summed E-state index contributed by atoms with van der Waals surface area (Å²) >= 11 is 0. The highest BCUT2D eigenvalue weighted by Crippen LogP contribution is 2.42. The van der Waals surface area contributed by atoms with Crippen molar-refractivity contribution in [1.82, 2.24) is 4.90 Å². The lowest BCUT2D eigenvalue weighted by molar-refractivity contribution is -0.156. The fourth-order valence-electron chi connectivity index (χ4n) is 2.20. The summed E-state index contributed by atoms with van der Waals surface area (Å²) in [7, 11) is 0. The van der Waals surface area contributed by atoms with E-state index in [2.05, 4.69) is 0 Å². The van der Waals surface area contributed by atoms with E-state index in [1.54, 1.807) is 6.92 Å². The number of phenolic OH excluding ortho intramolecular Hbond substituents is 1. The maximum absolute atomic E-state index is 11.6. The monoisotopic (exact) mass is 251 g/mol. The molecule has 2 rings (SSSR count). The zero-order valence-electron chi connectivity index (χ0n) is 9.79. The van der Waals surface area contributed by atoms with Crippen molar-refractivity contribution in [2.75, 3.05) is 13.2 Å². The van der Waals surface area contributed by atoms with Gasteiger partial charge in [0.2, 0.25) is 11.9 Å². The second-order valence-electron chi connectivity index (χ2n) is 4.03. The van der Waals surface area contributed by atoms with Crippen molar-refractivity contribution in [3.05, 3.63) is 23.8 Å². The fraction of sp³-hybridized carbons (Fsp3) is 0.333. The van der Waals surface area contributed by atoms with Crippen molar-refractivity contribution >= 4 is 12.4 Å². The van der Waals surface area contributed by atoms with Crippen LogP contribution in [0.15, 0.2) is 18.2 Å². The minimum atomic E-state index is -1.51. The molecule has 0 fully saturated rings. The van der Waals surface area contributed by atoms with Crippen molar-refractivity contribution < 1.29 is 24.5 Å². The lowest BCUT2D eigenvalue weighted by Gasteiger charge is -2.32. The number of carbonyl (C=O) groups is 2. The van der Waals surface area contributed by atoms with E-state index in [0.29, 0.717) is 12.0 Å². The van der Waals surface area contributed by atoms with Crippen LogP contribution in [-0.2, 0) is 15.1 Å². The third-order valence-electron chi connectivity index (χ3n) is 3.16. The zero-order valence-corrected chi connectivity index (χ0v) is 9.79. The molecule has 0 aromatic heterocycles. The van der Waals surface area contributed by atoms with E-state index < -0.39 is 11.5 Å². The van der Waals surface area contributed by atoms with Crippen molar-refractivity contribution in [3.8, 4) is 11.5 Å². The number of aliphatic carboxylic acids is 1. The Kier molecular flexibility index (Phi) is 2.86. The molecule has 0 saturated carbocycles. The second kappa shape index (κ2) is 4.21. The topological polar surface area (TPSA) is 87.1 Å². The predicted octanol–water partition coefficient (Wildman–Crippen LogP) is 0.543. The fourth-order valence-corrected chi connectivity index (χ4v) is 2.20. The zero-order chi connectivity index (χ0) is 13.3. The number of carboxylic acids is 1. The van der Waals surface area contributed by atoms with Crippen LogP contribution in [0.5, 0.6) is 11.5 Å². The van der Waals surface area contributed by atoms with Crippen molar-refractivity contribution in [2.24, 2.45) is 0 Å². The molecule has 1 aromatic carbocycles. The van der Waals surface area contributed by atoms with E-state index in [-0.39, 0.29) is 24.7 Å². The molecular formula is C12H13NO5. The lowest BCUT2D eigenvalue weighted by Crippen LogP contribution is -2.52. The van der Waals surface area contributed by atoms with Gasteiger partial charge in [-0.2, -0.15) is 0 Å². The maximum atomic E-state index is 11.6. The Bertz CT molecular complexity index is 501. The first-order valence-electron chi connectivity index (χ1n) is 5.48. The van der Waals surface area contributed by atoms with Crippen LogP contribution in [0.4, 0.5) is 0 Å². The average Bonchev–Trinajstić information content (AvgIpc) is 2.71. The number of aromatic hydroxyl groups is 1. The number of hydrogen-bond acceptors (Lipinski definition) is 4. The van der Waals surface area contributed by atoms with E-state index >= 15 is 0 Å². The molecule has 6 nitrogen and oxygen atoms in total. The maximum Gasteiger partial charge on any atom is 0.338 e. The lowest BCUT2D eigenvalue weighted by atomic mass is 9.90. The van der Waals surface area contributed by atoms with Crippen molar-refractivity contribution in [3.63, 3.8) is 0 Å². The molecule has 1 unspecified atom stereocenters. The van der Waals surface area contributed by atoms with Crippen LogP contribution in [0.25, 0.3) is 0 Å². The van der Waals surface area contributed by atoms with Gasteiger partial charge >= 0.3 is 5.97 Å². The van der Waals surface area contributed by atoms with Gasteiger partial charge in [0.1, 0.15) is 18.1 Å². The number of phenols is 1. The Balaban J connectivity index is 2.60. The van der Waals surface area contributed by atoms with Crippen LogP contribution in [0, 0.1) is 0 Å². The summed E-state index contributed by atoms with van der Waals surface area (Å²) < 4.78 is 5.30. The molecule has 0 spiro atoms. The summed E-state index contributed by atoms with van der Waals surface area (Å²) in [5, 5.41) is 18.8. The van der Waals surface area contributed by atoms with E-state index in [9.17, 15) is 19.8 Å². The molecule has 0 radical (unpaired) electrons. The van der Waals surface area contributed by atoms with Gasteiger partial charge in [0.15, 0.2) is 0 Å². The smallest absolute Gasteiger partial charge is 0.338 e. The Morgan fingerprint density at radius 1 is 1.61 bits per heavy atom. The van der Waals surface area contributed by atoms with Gasteiger partial charge in [0, 0.05) is 18.2 Å². The number of hydrogen-bond donors (Lipinski definition) is 2. The number of benzene rings is 1. The SMILES string of the molecule is CCN(C=O)C1(C(=O)O)COc2cc(O)ccc21. The second-order valence-corrected chi connectivity index (χ2v) is 4.03. The molecule has 1 atom stereocenters. The molecule has 2 N–H and O–H groups in total. The molecule has 1 aliphatic heterocycles. The molecule has 1 aromatic rings. The number of carboxylic acid groups (broad SMARTS) is 1. The summed E-state index contributed by atoms with van der Waals surface area (Å²) in [6.45, 7) is 1.78. The van der Waals surface area contributed by atoms with Crippen molar-refractivity contribution in [1.29, 1.82) is 0 Å². The van der Waals surface area contributed by atoms with Gasteiger partial charge in [0.25, 0.3) is 0 Å². The number of rotatable bonds is 4. The number of carbonyl (C=O) groups excluding carboxylic acids is 1. The highest BCUT2D eigenvalue weighted by molar-refractivity contribution is 5.86. The number of fused-ring (bicyclic) bond motifs is 1. The van der Waals surface area contributed by atoms with Gasteiger partial charge < -0.3 is 19.8 Å². The van der Waals surface area contributed by atoms with Crippen LogP contribution in [0.2, 0.25) is 0 Å². The van der Waals surface area contributed by atoms with Crippen LogP contribution < -0.4 is 4.74 Å². The number of likely N-dealkylation sites (N-methyl/N-ethyl adjacent to an activating group) is 1. The first kappa shape index (κ1) is 12.2. The van der Waals surface area contributed by atoms with Crippen LogP contribution in [0.3, 0.4) is 0 Å². The third kappa shape index (κ3) is 1.49. The average molecular weight is 251 g/mol. The Morgan fingerprint density at radius 2 is 2.33 bits per heavy atom. The molecule has 18 heavy (non-hydrogen) atoms. The van der Waals surface area contributed by atoms with Gasteiger partial charge in [-0.05, 0) is 19.1 Å². The van der Waals surface area contributed by atoms with E-state index in [0.717, 1.165) is 0 Å². The first-order valence-corrected chi connectivity index (χ1v) is 5.48. The van der Waals surface area contributed by atoms with Crippen LogP contribution in [-0.4, -0.2) is 40.6 Å². The quantitative estimate of drug-likeness (QED) is 0.763. The molecule has 1 heterocycles. The molecule has 1 amide bonds. The van der Waals surface area contributed by atoms with E-state index in [1.165, 1.54) is 23.1 Å². The highest BCUT2D eigenvalue weighted by Gasteiger charge is 2.52. The molecule has 0 saturated heterocycles. The minimum absolute atomic E-state index is 0.0101. The molecule has 96 valence electrons. The summed E-state index contributed by atoms with van der Waals surface area (Å²) in [4.78, 5) is 23.8. The van der Waals surface area contributed by atoms with Crippen molar-refractivity contribution in [2.45, 2.75) is 12.5 Å². The summed E-state index contributed by atoms with van der Waals surface area (Å²) in [6, 6.07) is 4.19. The summed E-state index contributed by atoms with van der Waals surface area (Å²) in [5.74, 6) is -0.873. The standard InChI is InChI=1S/C12H13NO5/c1-2-13(7-14)12(11(16)17)6-18-10-5-8(15)3-4-9(10)12/h3-5,7,15H,2,6H2,1H3,(H,16,17). The molecule has 1 aliphatic rings.